The second-order valence-corrected chi connectivity index (χ2v) is 7.93. The highest BCUT2D eigenvalue weighted by Gasteiger charge is 2.23. The molecule has 0 spiro atoms. The first-order valence-corrected chi connectivity index (χ1v) is 10.7. The Morgan fingerprint density at radius 3 is 2.31 bits per heavy atom. The quantitative estimate of drug-likeness (QED) is 0.588. The molecule has 0 unspecified atom stereocenters. The topological polar surface area (TPSA) is 70.1 Å². The summed E-state index contributed by atoms with van der Waals surface area (Å²) in [5.74, 6) is -1.25. The molecule has 0 aromatic heterocycles. The van der Waals surface area contributed by atoms with Gasteiger partial charge in [-0.1, -0.05) is 41.9 Å². The number of carboxylic acid groups (broad SMARTS) is 1. The van der Waals surface area contributed by atoms with Crippen molar-refractivity contribution in [2.24, 2.45) is 0 Å². The SMILES string of the molecule is O=C(O)c1cc(N(Cc2ccc(Cl)cc2)C(=O)c2ccccc2)ccc1N1CCOCC1. The van der Waals surface area contributed by atoms with Crippen molar-refractivity contribution >= 4 is 34.9 Å². The minimum absolute atomic E-state index is 0.159. The molecule has 1 saturated heterocycles. The molecule has 1 N–H and O–H groups in total. The van der Waals surface area contributed by atoms with E-state index in [4.69, 9.17) is 16.3 Å². The number of carbonyl (C=O) groups is 2. The molecule has 1 amide bonds. The first-order chi connectivity index (χ1) is 15.5. The molecule has 0 aliphatic carbocycles. The lowest BCUT2D eigenvalue weighted by molar-refractivity contribution is 0.0696. The molecule has 4 rings (SSSR count). The Labute approximate surface area is 191 Å². The Hall–Kier alpha value is -3.35. The highest BCUT2D eigenvalue weighted by atomic mass is 35.5. The first kappa shape index (κ1) is 21.9. The van der Waals surface area contributed by atoms with Gasteiger partial charge >= 0.3 is 5.97 Å². The van der Waals surface area contributed by atoms with Crippen LogP contribution >= 0.6 is 11.6 Å². The van der Waals surface area contributed by atoms with Crippen molar-refractivity contribution in [2.45, 2.75) is 6.54 Å². The van der Waals surface area contributed by atoms with Crippen molar-refractivity contribution in [1.82, 2.24) is 0 Å². The number of carbonyl (C=O) groups excluding carboxylic acids is 1. The van der Waals surface area contributed by atoms with Crippen molar-refractivity contribution < 1.29 is 19.4 Å². The Morgan fingerprint density at radius 2 is 1.66 bits per heavy atom. The van der Waals surface area contributed by atoms with E-state index in [0.717, 1.165) is 5.56 Å². The molecule has 1 aliphatic heterocycles. The van der Waals surface area contributed by atoms with Crippen LogP contribution in [0.15, 0.2) is 72.8 Å². The third kappa shape index (κ3) is 4.93. The molecule has 7 heteroatoms. The highest BCUT2D eigenvalue weighted by Crippen LogP contribution is 2.29. The van der Waals surface area contributed by atoms with E-state index in [1.54, 1.807) is 59.5 Å². The number of morpholine rings is 1. The number of ether oxygens (including phenoxy) is 1. The summed E-state index contributed by atoms with van der Waals surface area (Å²) in [6.45, 7) is 2.63. The van der Waals surface area contributed by atoms with E-state index in [1.165, 1.54) is 0 Å². The highest BCUT2D eigenvalue weighted by molar-refractivity contribution is 6.30. The molecule has 0 saturated carbocycles. The van der Waals surface area contributed by atoms with Crippen LogP contribution < -0.4 is 9.80 Å². The maximum Gasteiger partial charge on any atom is 0.337 e. The fourth-order valence-electron chi connectivity index (χ4n) is 3.73. The molecular weight excluding hydrogens is 428 g/mol. The Kier molecular flexibility index (Phi) is 6.73. The molecular formula is C25H23ClN2O4. The number of rotatable bonds is 6. The number of anilines is 2. The molecule has 0 radical (unpaired) electrons. The van der Waals surface area contributed by atoms with E-state index in [2.05, 4.69) is 0 Å². The summed E-state index contributed by atoms with van der Waals surface area (Å²) in [5.41, 5.74) is 2.71. The van der Waals surface area contributed by atoms with Crippen molar-refractivity contribution in [3.05, 3.63) is 94.5 Å². The van der Waals surface area contributed by atoms with Crippen LogP contribution in [-0.4, -0.2) is 43.3 Å². The van der Waals surface area contributed by atoms with E-state index in [1.807, 2.05) is 23.1 Å². The second kappa shape index (κ2) is 9.85. The van der Waals surface area contributed by atoms with Gasteiger partial charge < -0.3 is 19.6 Å². The Morgan fingerprint density at radius 1 is 0.969 bits per heavy atom. The van der Waals surface area contributed by atoms with Crippen LogP contribution in [0.4, 0.5) is 11.4 Å². The molecule has 3 aromatic carbocycles. The van der Waals surface area contributed by atoms with Crippen molar-refractivity contribution in [2.75, 3.05) is 36.1 Å². The van der Waals surface area contributed by atoms with Gasteiger partial charge in [0, 0.05) is 29.4 Å². The molecule has 1 fully saturated rings. The van der Waals surface area contributed by atoms with E-state index in [-0.39, 0.29) is 18.0 Å². The third-order valence-electron chi connectivity index (χ3n) is 5.39. The Balaban J connectivity index is 1.74. The number of halogens is 1. The average Bonchev–Trinajstić information content (AvgIpc) is 2.84. The van der Waals surface area contributed by atoms with Gasteiger partial charge in [0.05, 0.1) is 31.0 Å². The van der Waals surface area contributed by atoms with E-state index >= 15 is 0 Å². The standard InChI is InChI=1S/C25H23ClN2O4/c26-20-8-6-18(7-9-20)17-28(24(29)19-4-2-1-3-5-19)21-10-11-23(22(16-21)25(30)31)27-12-14-32-15-13-27/h1-11,16H,12-15,17H2,(H,30,31). The zero-order chi connectivity index (χ0) is 22.5. The number of aromatic carboxylic acids is 1. The lowest BCUT2D eigenvalue weighted by Gasteiger charge is -2.31. The number of amides is 1. The maximum absolute atomic E-state index is 13.4. The van der Waals surface area contributed by atoms with Gasteiger partial charge in [-0.15, -0.1) is 0 Å². The monoisotopic (exact) mass is 450 g/mol. The number of hydrogen-bond acceptors (Lipinski definition) is 4. The van der Waals surface area contributed by atoms with Gasteiger partial charge in [-0.2, -0.15) is 0 Å². The molecule has 0 bridgehead atoms. The largest absolute Gasteiger partial charge is 0.478 e. The second-order valence-electron chi connectivity index (χ2n) is 7.49. The zero-order valence-corrected chi connectivity index (χ0v) is 18.2. The smallest absolute Gasteiger partial charge is 0.337 e. The first-order valence-electron chi connectivity index (χ1n) is 10.3. The lowest BCUT2D eigenvalue weighted by atomic mass is 10.1. The zero-order valence-electron chi connectivity index (χ0n) is 17.4. The van der Waals surface area contributed by atoms with Crippen LogP contribution in [0.1, 0.15) is 26.3 Å². The predicted molar refractivity (Wildman–Crippen MR) is 125 cm³/mol. The van der Waals surface area contributed by atoms with E-state index in [0.29, 0.717) is 48.3 Å². The average molecular weight is 451 g/mol. The van der Waals surface area contributed by atoms with Gasteiger partial charge in [0.15, 0.2) is 0 Å². The summed E-state index contributed by atoms with van der Waals surface area (Å²) in [4.78, 5) is 29.1. The minimum atomic E-state index is -1.04. The Bertz CT molecular complexity index is 1100. The predicted octanol–water partition coefficient (Wildman–Crippen LogP) is 4.72. The molecule has 6 nitrogen and oxygen atoms in total. The van der Waals surface area contributed by atoms with Crippen LogP contribution in [0.5, 0.6) is 0 Å². The van der Waals surface area contributed by atoms with Gasteiger partial charge in [-0.05, 0) is 48.0 Å². The van der Waals surface area contributed by atoms with Gasteiger partial charge in [0.2, 0.25) is 0 Å². The van der Waals surface area contributed by atoms with Crippen molar-refractivity contribution in [3.8, 4) is 0 Å². The number of nitrogens with zero attached hydrogens (tertiary/aromatic N) is 2. The van der Waals surface area contributed by atoms with Gasteiger partial charge in [-0.25, -0.2) is 4.79 Å². The van der Waals surface area contributed by atoms with Crippen LogP contribution in [0.3, 0.4) is 0 Å². The fraction of sp³-hybridized carbons (Fsp3) is 0.200. The van der Waals surface area contributed by atoms with E-state index < -0.39 is 5.97 Å². The molecule has 0 atom stereocenters. The maximum atomic E-state index is 13.4. The molecule has 1 aliphatic rings. The number of carboxylic acids is 1. The fourth-order valence-corrected chi connectivity index (χ4v) is 3.86. The third-order valence-corrected chi connectivity index (χ3v) is 5.65. The normalized spacial score (nSPS) is 13.6. The molecule has 3 aromatic rings. The van der Waals surface area contributed by atoms with Crippen molar-refractivity contribution in [3.63, 3.8) is 0 Å². The van der Waals surface area contributed by atoms with Gasteiger partial charge in [-0.3, -0.25) is 4.79 Å². The number of hydrogen-bond donors (Lipinski definition) is 1. The van der Waals surface area contributed by atoms with Crippen LogP contribution in [0.25, 0.3) is 0 Å². The minimum Gasteiger partial charge on any atom is -0.478 e. The van der Waals surface area contributed by atoms with Gasteiger partial charge in [0.1, 0.15) is 0 Å². The van der Waals surface area contributed by atoms with E-state index in [9.17, 15) is 14.7 Å². The van der Waals surface area contributed by atoms with Crippen molar-refractivity contribution in [1.29, 1.82) is 0 Å². The summed E-state index contributed by atoms with van der Waals surface area (Å²) < 4.78 is 5.39. The number of benzene rings is 3. The summed E-state index contributed by atoms with van der Waals surface area (Å²) >= 11 is 6.01. The summed E-state index contributed by atoms with van der Waals surface area (Å²) in [6.07, 6.45) is 0. The lowest BCUT2D eigenvalue weighted by Crippen LogP contribution is -2.37. The summed E-state index contributed by atoms with van der Waals surface area (Å²) in [6, 6.07) is 21.3. The molecule has 1 heterocycles. The van der Waals surface area contributed by atoms with Crippen LogP contribution in [0.2, 0.25) is 5.02 Å². The van der Waals surface area contributed by atoms with Crippen LogP contribution in [-0.2, 0) is 11.3 Å². The molecule has 164 valence electrons. The summed E-state index contributed by atoms with van der Waals surface area (Å²) in [7, 11) is 0. The van der Waals surface area contributed by atoms with Gasteiger partial charge in [0.25, 0.3) is 5.91 Å². The summed E-state index contributed by atoms with van der Waals surface area (Å²) in [5, 5.41) is 10.5. The molecule has 32 heavy (non-hydrogen) atoms. The van der Waals surface area contributed by atoms with Crippen LogP contribution in [0, 0.1) is 0 Å².